The Morgan fingerprint density at radius 3 is 2.35 bits per heavy atom. The van der Waals surface area contributed by atoms with E-state index in [0.717, 1.165) is 11.3 Å². The van der Waals surface area contributed by atoms with Gasteiger partial charge in [-0.15, -0.1) is 11.3 Å². The number of carbonyl (C=O) groups excluding carboxylic acids is 2. The Kier molecular flexibility index (Phi) is 6.33. The molecule has 0 atom stereocenters. The van der Waals surface area contributed by atoms with E-state index in [-0.39, 0.29) is 10.8 Å². The first kappa shape index (κ1) is 21.8. The summed E-state index contributed by atoms with van der Waals surface area (Å²) in [6, 6.07) is 0. The lowest BCUT2D eigenvalue weighted by Gasteiger charge is -2.26. The number of aromatic nitrogens is 1. The second-order valence-electron chi connectivity index (χ2n) is 6.49. The lowest BCUT2D eigenvalue weighted by Crippen LogP contribution is -2.40. The smallest absolute Gasteiger partial charge is 0.359 e. The molecular formula is C13H19N4O7S2. The van der Waals surface area contributed by atoms with E-state index in [9.17, 15) is 18.0 Å². The highest BCUT2D eigenvalue weighted by Crippen LogP contribution is 2.20. The molecule has 13 heteroatoms. The molecule has 1 heterocycles. The number of thiazole rings is 1. The predicted octanol–water partition coefficient (Wildman–Crippen LogP) is 1.01. The maximum absolute atomic E-state index is 12.1. The normalized spacial score (nSPS) is 13.2. The molecule has 0 spiro atoms. The van der Waals surface area contributed by atoms with Crippen LogP contribution < -0.4 is 10.5 Å². The number of rotatable bonds is 7. The molecule has 1 radical (unpaired) electrons. The molecule has 0 bridgehead atoms. The summed E-state index contributed by atoms with van der Waals surface area (Å²) in [5.74, 6) is -2.01. The summed E-state index contributed by atoms with van der Waals surface area (Å²) in [5, 5.41) is 4.49. The summed E-state index contributed by atoms with van der Waals surface area (Å²) >= 11 is 0.745. The van der Waals surface area contributed by atoms with Crippen molar-refractivity contribution in [2.45, 2.75) is 45.8 Å². The molecule has 0 saturated carbocycles. The van der Waals surface area contributed by atoms with Crippen LogP contribution in [0.3, 0.4) is 0 Å². The summed E-state index contributed by atoms with van der Waals surface area (Å²) in [7, 11) is -4.54. The van der Waals surface area contributed by atoms with E-state index in [1.165, 1.54) is 19.2 Å². The fourth-order valence-corrected chi connectivity index (χ4v) is 2.66. The van der Waals surface area contributed by atoms with E-state index in [1.54, 1.807) is 25.5 Å². The number of nitrogens with one attached hydrogen (secondary N) is 2. The molecule has 0 aliphatic carbocycles. The third-order valence-electron chi connectivity index (χ3n) is 2.43. The molecule has 1 aromatic heterocycles. The van der Waals surface area contributed by atoms with Gasteiger partial charge in [0.05, 0.1) is 0 Å². The fourth-order valence-electron chi connectivity index (χ4n) is 1.34. The molecule has 0 unspecified atom stereocenters. The Labute approximate surface area is 154 Å². The Balaban J connectivity index is 3.04. The largest absolute Gasteiger partial charge is 0.457 e. The van der Waals surface area contributed by atoms with E-state index in [0.29, 0.717) is 0 Å². The number of anilines is 1. The SMILES string of the molecule is CC(C)(C)OC(=O)C(C)(C)ON=C(C([NH])=O)c1csc(NS(=O)(=O)O)n1. The average molecular weight is 407 g/mol. The highest BCUT2D eigenvalue weighted by molar-refractivity contribution is 7.87. The number of esters is 1. The van der Waals surface area contributed by atoms with E-state index in [1.807, 2.05) is 0 Å². The van der Waals surface area contributed by atoms with Gasteiger partial charge >= 0.3 is 16.3 Å². The zero-order valence-corrected chi connectivity index (χ0v) is 16.3. The number of hydrogen-bond acceptors (Lipinski definition) is 9. The number of amides is 1. The summed E-state index contributed by atoms with van der Waals surface area (Å²) in [6.45, 7) is 7.73. The number of carbonyl (C=O) groups is 2. The van der Waals surface area contributed by atoms with Crippen molar-refractivity contribution in [2.24, 2.45) is 5.16 Å². The van der Waals surface area contributed by atoms with Gasteiger partial charge in [-0.3, -0.25) is 15.1 Å². The second kappa shape index (κ2) is 7.55. The monoisotopic (exact) mass is 407 g/mol. The highest BCUT2D eigenvalue weighted by Gasteiger charge is 2.35. The van der Waals surface area contributed by atoms with Gasteiger partial charge in [0, 0.05) is 5.38 Å². The van der Waals surface area contributed by atoms with E-state index < -0.39 is 39.1 Å². The van der Waals surface area contributed by atoms with Crippen LogP contribution in [0, 0.1) is 0 Å². The third-order valence-corrected chi connectivity index (χ3v) is 3.77. The summed E-state index contributed by atoms with van der Waals surface area (Å²) in [4.78, 5) is 32.4. The van der Waals surface area contributed by atoms with E-state index in [4.69, 9.17) is 19.9 Å². The van der Waals surface area contributed by atoms with Crippen LogP contribution in [0.5, 0.6) is 0 Å². The second-order valence-corrected chi connectivity index (χ2v) is 8.50. The minimum absolute atomic E-state index is 0.166. The maximum Gasteiger partial charge on any atom is 0.359 e. The van der Waals surface area contributed by atoms with Crippen molar-refractivity contribution >= 4 is 44.4 Å². The zero-order chi connectivity index (χ0) is 20.3. The van der Waals surface area contributed by atoms with Crippen molar-refractivity contribution in [3.8, 4) is 0 Å². The Morgan fingerprint density at radius 1 is 1.31 bits per heavy atom. The molecular weight excluding hydrogens is 388 g/mol. The zero-order valence-electron chi connectivity index (χ0n) is 14.7. The van der Waals surface area contributed by atoms with Crippen LogP contribution in [-0.2, 0) is 29.5 Å². The third kappa shape index (κ3) is 6.93. The van der Waals surface area contributed by atoms with Crippen LogP contribution >= 0.6 is 11.3 Å². The first-order valence-electron chi connectivity index (χ1n) is 7.07. The first-order valence-corrected chi connectivity index (χ1v) is 9.39. The molecule has 0 saturated heterocycles. The van der Waals surface area contributed by atoms with Crippen molar-refractivity contribution < 1.29 is 32.1 Å². The van der Waals surface area contributed by atoms with Gasteiger partial charge in [-0.25, -0.2) is 14.5 Å². The minimum Gasteiger partial charge on any atom is -0.457 e. The molecule has 11 nitrogen and oxygen atoms in total. The Hall–Kier alpha value is -2.25. The molecule has 3 N–H and O–H groups in total. The van der Waals surface area contributed by atoms with Crippen molar-refractivity contribution in [3.05, 3.63) is 11.1 Å². The van der Waals surface area contributed by atoms with Gasteiger partial charge < -0.3 is 9.57 Å². The van der Waals surface area contributed by atoms with Crippen molar-refractivity contribution in [1.82, 2.24) is 10.7 Å². The van der Waals surface area contributed by atoms with Gasteiger partial charge in [0.1, 0.15) is 11.3 Å². The summed E-state index contributed by atoms with van der Waals surface area (Å²) in [5.41, 5.74) is 4.19. The highest BCUT2D eigenvalue weighted by atomic mass is 32.2. The summed E-state index contributed by atoms with van der Waals surface area (Å²) in [6.07, 6.45) is 0. The molecule has 0 fully saturated rings. The molecule has 26 heavy (non-hydrogen) atoms. The fraction of sp³-hybridized carbons (Fsp3) is 0.538. The molecule has 145 valence electrons. The van der Waals surface area contributed by atoms with Crippen molar-refractivity contribution in [1.29, 1.82) is 0 Å². The Bertz CT molecular complexity index is 822. The summed E-state index contributed by atoms with van der Waals surface area (Å²) < 4.78 is 37.1. The standard InChI is InChI=1S/C13H19N4O7S2/c1-12(2,3)23-10(19)13(4,5)24-16-8(9(14)18)7-6-25-11(15-7)17-26(20,21)22/h6,14H,1-5H3,(H,15,17)(H,20,21,22). The van der Waals surface area contributed by atoms with Gasteiger partial charge in [-0.05, 0) is 34.6 Å². The quantitative estimate of drug-likeness (QED) is 0.292. The molecule has 1 amide bonds. The van der Waals surface area contributed by atoms with E-state index in [2.05, 4.69) is 10.1 Å². The van der Waals surface area contributed by atoms with Gasteiger partial charge in [0.25, 0.3) is 5.91 Å². The lowest BCUT2D eigenvalue weighted by atomic mass is 10.1. The number of nitrogens with zero attached hydrogens (tertiary/aromatic N) is 2. The number of oxime groups is 1. The minimum atomic E-state index is -4.54. The topological polar surface area (TPSA) is 168 Å². The average Bonchev–Trinajstić information content (AvgIpc) is 2.82. The Morgan fingerprint density at radius 2 is 1.88 bits per heavy atom. The van der Waals surface area contributed by atoms with Crippen molar-refractivity contribution in [3.63, 3.8) is 0 Å². The molecule has 1 rings (SSSR count). The van der Waals surface area contributed by atoms with Gasteiger partial charge in [-0.1, -0.05) is 5.16 Å². The lowest BCUT2D eigenvalue weighted by molar-refractivity contribution is -0.179. The predicted molar refractivity (Wildman–Crippen MR) is 92.9 cm³/mol. The first-order chi connectivity index (χ1) is 11.6. The molecule has 1 aromatic rings. The van der Waals surface area contributed by atoms with Crippen LogP contribution in [-0.4, -0.2) is 46.7 Å². The van der Waals surface area contributed by atoms with Crippen LogP contribution in [0.1, 0.15) is 40.3 Å². The van der Waals surface area contributed by atoms with Crippen LogP contribution in [0.15, 0.2) is 10.5 Å². The molecule has 0 aromatic carbocycles. The van der Waals surface area contributed by atoms with Crippen LogP contribution in [0.25, 0.3) is 0 Å². The maximum atomic E-state index is 12.1. The molecule has 0 aliphatic rings. The van der Waals surface area contributed by atoms with Gasteiger partial charge in [-0.2, -0.15) is 8.42 Å². The van der Waals surface area contributed by atoms with Crippen LogP contribution in [0.2, 0.25) is 0 Å². The van der Waals surface area contributed by atoms with Crippen LogP contribution in [0.4, 0.5) is 5.13 Å². The van der Waals surface area contributed by atoms with Gasteiger partial charge in [0.2, 0.25) is 5.60 Å². The number of hydrogen-bond donors (Lipinski definition) is 2. The van der Waals surface area contributed by atoms with E-state index >= 15 is 0 Å². The number of ether oxygens (including phenoxy) is 1. The van der Waals surface area contributed by atoms with Gasteiger partial charge in [0.15, 0.2) is 10.8 Å². The van der Waals surface area contributed by atoms with Crippen molar-refractivity contribution in [2.75, 3.05) is 4.72 Å². The molecule has 0 aliphatic heterocycles.